The molecule has 0 atom stereocenters. The van der Waals surface area contributed by atoms with Crippen LogP contribution in [0.2, 0.25) is 0 Å². The zero-order chi connectivity index (χ0) is 15.9. The molecule has 1 N–H and O–H groups in total. The first-order chi connectivity index (χ1) is 11.3. The van der Waals surface area contributed by atoms with Gasteiger partial charge in [0.15, 0.2) is 0 Å². The number of piperazine rings is 1. The fourth-order valence-corrected chi connectivity index (χ4v) is 2.55. The Morgan fingerprint density at radius 3 is 2.13 bits per heavy atom. The van der Waals surface area contributed by atoms with Crippen molar-refractivity contribution in [3.63, 3.8) is 0 Å². The van der Waals surface area contributed by atoms with Crippen LogP contribution in [0.15, 0.2) is 66.9 Å². The van der Waals surface area contributed by atoms with Gasteiger partial charge in [-0.3, -0.25) is 0 Å². The van der Waals surface area contributed by atoms with E-state index in [-0.39, 0.29) is 6.03 Å². The molecule has 23 heavy (non-hydrogen) atoms. The molecule has 2 amide bonds. The van der Waals surface area contributed by atoms with Gasteiger partial charge in [0.1, 0.15) is 0 Å². The summed E-state index contributed by atoms with van der Waals surface area (Å²) in [5, 5.41) is 2.93. The highest BCUT2D eigenvalue weighted by Gasteiger charge is 2.19. The van der Waals surface area contributed by atoms with E-state index in [4.69, 9.17) is 0 Å². The number of nitrogens with one attached hydrogen (secondary N) is 1. The standard InChI is InChI=1S/C19H21N3O/c23-19(20-18-9-5-2-6-10-18)22-15-13-21(14-16-22)12-11-17-7-3-1-4-8-17/h1-12H,13-16H2,(H,20,23)/b12-11+. The van der Waals surface area contributed by atoms with Gasteiger partial charge in [-0.25, -0.2) is 4.79 Å². The average Bonchev–Trinajstić information content (AvgIpc) is 2.62. The molecule has 0 radical (unpaired) electrons. The van der Waals surface area contributed by atoms with Crippen LogP contribution in [0.3, 0.4) is 0 Å². The molecule has 0 bridgehead atoms. The van der Waals surface area contributed by atoms with E-state index in [9.17, 15) is 4.79 Å². The molecule has 4 heteroatoms. The Bertz CT molecular complexity index is 647. The van der Waals surface area contributed by atoms with Crippen LogP contribution in [-0.4, -0.2) is 42.0 Å². The third kappa shape index (κ3) is 4.36. The number of anilines is 1. The van der Waals surface area contributed by atoms with Crippen LogP contribution in [0, 0.1) is 0 Å². The highest BCUT2D eigenvalue weighted by Crippen LogP contribution is 2.10. The number of hydrogen-bond acceptors (Lipinski definition) is 2. The second kappa shape index (κ2) is 7.49. The zero-order valence-corrected chi connectivity index (χ0v) is 13.1. The van der Waals surface area contributed by atoms with Crippen molar-refractivity contribution in [1.82, 2.24) is 9.80 Å². The largest absolute Gasteiger partial charge is 0.374 e. The second-order valence-electron chi connectivity index (χ2n) is 5.55. The molecule has 0 spiro atoms. The fourth-order valence-electron chi connectivity index (χ4n) is 2.55. The summed E-state index contributed by atoms with van der Waals surface area (Å²) in [6.45, 7) is 3.17. The van der Waals surface area contributed by atoms with Gasteiger partial charge in [0.05, 0.1) is 0 Å². The number of hydrogen-bond donors (Lipinski definition) is 1. The van der Waals surface area contributed by atoms with Crippen LogP contribution in [0.5, 0.6) is 0 Å². The van der Waals surface area contributed by atoms with E-state index in [1.807, 2.05) is 53.4 Å². The first-order valence-electron chi connectivity index (χ1n) is 7.89. The zero-order valence-electron chi connectivity index (χ0n) is 13.1. The summed E-state index contributed by atoms with van der Waals surface area (Å²) < 4.78 is 0. The Balaban J connectivity index is 1.48. The smallest absolute Gasteiger partial charge is 0.321 e. The lowest BCUT2D eigenvalue weighted by Crippen LogP contribution is -2.48. The summed E-state index contributed by atoms with van der Waals surface area (Å²) in [6.07, 6.45) is 4.22. The van der Waals surface area contributed by atoms with Crippen molar-refractivity contribution in [3.8, 4) is 0 Å². The van der Waals surface area contributed by atoms with E-state index < -0.39 is 0 Å². The number of benzene rings is 2. The van der Waals surface area contributed by atoms with Crippen molar-refractivity contribution >= 4 is 17.8 Å². The number of carbonyl (C=O) groups excluding carboxylic acids is 1. The molecule has 1 saturated heterocycles. The van der Waals surface area contributed by atoms with Crippen LogP contribution >= 0.6 is 0 Å². The lowest BCUT2D eigenvalue weighted by atomic mass is 10.2. The highest BCUT2D eigenvalue weighted by molar-refractivity contribution is 5.89. The molecule has 0 aliphatic carbocycles. The minimum absolute atomic E-state index is 0.0251. The maximum Gasteiger partial charge on any atom is 0.321 e. The van der Waals surface area contributed by atoms with E-state index in [1.165, 1.54) is 5.56 Å². The van der Waals surface area contributed by atoms with Gasteiger partial charge >= 0.3 is 6.03 Å². The Morgan fingerprint density at radius 2 is 1.48 bits per heavy atom. The van der Waals surface area contributed by atoms with Crippen LogP contribution in [0.4, 0.5) is 10.5 Å². The van der Waals surface area contributed by atoms with Crippen LogP contribution in [-0.2, 0) is 0 Å². The van der Waals surface area contributed by atoms with Crippen molar-refractivity contribution in [1.29, 1.82) is 0 Å². The summed E-state index contributed by atoms with van der Waals surface area (Å²) >= 11 is 0. The monoisotopic (exact) mass is 307 g/mol. The van der Waals surface area contributed by atoms with Crippen molar-refractivity contribution < 1.29 is 4.79 Å². The van der Waals surface area contributed by atoms with E-state index >= 15 is 0 Å². The molecule has 1 aliphatic heterocycles. The molecule has 1 heterocycles. The number of urea groups is 1. The third-order valence-corrected chi connectivity index (χ3v) is 3.90. The minimum atomic E-state index is -0.0251. The molecule has 118 valence electrons. The third-order valence-electron chi connectivity index (χ3n) is 3.90. The molecule has 0 unspecified atom stereocenters. The highest BCUT2D eigenvalue weighted by atomic mass is 16.2. The van der Waals surface area contributed by atoms with Crippen LogP contribution in [0.1, 0.15) is 5.56 Å². The number of rotatable bonds is 3. The second-order valence-corrected chi connectivity index (χ2v) is 5.55. The maximum atomic E-state index is 12.2. The van der Waals surface area contributed by atoms with Crippen molar-refractivity contribution in [2.75, 3.05) is 31.5 Å². The summed E-state index contributed by atoms with van der Waals surface area (Å²) in [5.41, 5.74) is 2.03. The predicted molar refractivity (Wildman–Crippen MR) is 94.1 cm³/mol. The van der Waals surface area contributed by atoms with Gasteiger partial charge in [-0.05, 0) is 30.0 Å². The lowest BCUT2D eigenvalue weighted by Gasteiger charge is -2.34. The van der Waals surface area contributed by atoms with Gasteiger partial charge < -0.3 is 15.1 Å². The van der Waals surface area contributed by atoms with E-state index in [1.54, 1.807) is 0 Å². The molecule has 1 fully saturated rings. The van der Waals surface area contributed by atoms with Gasteiger partial charge in [-0.15, -0.1) is 0 Å². The van der Waals surface area contributed by atoms with Crippen LogP contribution < -0.4 is 5.32 Å². The van der Waals surface area contributed by atoms with Gasteiger partial charge in [-0.1, -0.05) is 48.5 Å². The quantitative estimate of drug-likeness (QED) is 0.942. The first kappa shape index (κ1) is 15.2. The first-order valence-corrected chi connectivity index (χ1v) is 7.89. The minimum Gasteiger partial charge on any atom is -0.374 e. The van der Waals surface area contributed by atoms with Gasteiger partial charge in [0.25, 0.3) is 0 Å². The fraction of sp³-hybridized carbons (Fsp3) is 0.211. The van der Waals surface area contributed by atoms with Crippen molar-refractivity contribution in [3.05, 3.63) is 72.4 Å². The summed E-state index contributed by atoms with van der Waals surface area (Å²) in [4.78, 5) is 16.3. The molecule has 0 aromatic heterocycles. The van der Waals surface area contributed by atoms with Gasteiger partial charge in [0.2, 0.25) is 0 Å². The van der Waals surface area contributed by atoms with Crippen molar-refractivity contribution in [2.45, 2.75) is 0 Å². The summed E-state index contributed by atoms with van der Waals surface area (Å²) in [7, 11) is 0. The SMILES string of the molecule is O=C(Nc1ccccc1)N1CCN(/C=C/c2ccccc2)CC1. The van der Waals surface area contributed by atoms with E-state index in [2.05, 4.69) is 34.6 Å². The van der Waals surface area contributed by atoms with Gasteiger partial charge in [-0.2, -0.15) is 0 Å². The van der Waals surface area contributed by atoms with Crippen molar-refractivity contribution in [2.24, 2.45) is 0 Å². The summed E-state index contributed by atoms with van der Waals surface area (Å²) in [6, 6.07) is 19.8. The maximum absolute atomic E-state index is 12.2. The Kier molecular flexibility index (Phi) is 4.94. The molecule has 1 aliphatic rings. The topological polar surface area (TPSA) is 35.6 Å². The molecule has 2 aromatic rings. The molecular weight excluding hydrogens is 286 g/mol. The van der Waals surface area contributed by atoms with Crippen LogP contribution in [0.25, 0.3) is 6.08 Å². The Morgan fingerprint density at radius 1 is 0.870 bits per heavy atom. The normalized spacial score (nSPS) is 15.0. The summed E-state index contributed by atoms with van der Waals surface area (Å²) in [5.74, 6) is 0. The Labute approximate surface area is 137 Å². The number of nitrogens with zero attached hydrogens (tertiary/aromatic N) is 2. The van der Waals surface area contributed by atoms with E-state index in [0.29, 0.717) is 0 Å². The van der Waals surface area contributed by atoms with Gasteiger partial charge in [0, 0.05) is 31.9 Å². The average molecular weight is 307 g/mol. The molecule has 2 aromatic carbocycles. The van der Waals surface area contributed by atoms with E-state index in [0.717, 1.165) is 31.9 Å². The lowest BCUT2D eigenvalue weighted by molar-refractivity contribution is 0.174. The predicted octanol–water partition coefficient (Wildman–Crippen LogP) is 3.51. The molecular formula is C19H21N3O. The number of amides is 2. The Hall–Kier alpha value is -2.75. The molecule has 4 nitrogen and oxygen atoms in total. The molecule has 0 saturated carbocycles. The number of carbonyl (C=O) groups is 1. The molecule has 3 rings (SSSR count). The number of para-hydroxylation sites is 1.